The second-order valence-electron chi connectivity index (χ2n) is 4.06. The molecule has 0 radical (unpaired) electrons. The van der Waals surface area contributed by atoms with Crippen LogP contribution in [-0.4, -0.2) is 7.11 Å². The van der Waals surface area contributed by atoms with E-state index in [1.54, 1.807) is 13.2 Å². The molecule has 0 spiro atoms. The van der Waals surface area contributed by atoms with Crippen LogP contribution in [0.2, 0.25) is 5.02 Å². The fourth-order valence-corrected chi connectivity index (χ4v) is 3.17. The fourth-order valence-electron chi connectivity index (χ4n) is 1.69. The number of methoxy groups -OCH3 is 1. The van der Waals surface area contributed by atoms with Crippen molar-refractivity contribution in [2.24, 2.45) is 0 Å². The van der Waals surface area contributed by atoms with Gasteiger partial charge in [0.1, 0.15) is 11.6 Å². The van der Waals surface area contributed by atoms with Crippen LogP contribution in [-0.2, 0) is 6.54 Å². The van der Waals surface area contributed by atoms with Crippen LogP contribution in [0.15, 0.2) is 39.3 Å². The van der Waals surface area contributed by atoms with Gasteiger partial charge in [-0.15, -0.1) is 0 Å². The Morgan fingerprint density at radius 1 is 1.20 bits per heavy atom. The number of ether oxygens (including phenoxy) is 1. The molecule has 0 aromatic heterocycles. The van der Waals surface area contributed by atoms with Gasteiger partial charge in [0.2, 0.25) is 0 Å². The predicted molar refractivity (Wildman–Crippen MR) is 87.1 cm³/mol. The topological polar surface area (TPSA) is 21.3 Å². The molecule has 6 heteroatoms. The van der Waals surface area contributed by atoms with Crippen LogP contribution in [0.25, 0.3) is 0 Å². The van der Waals surface area contributed by atoms with Gasteiger partial charge in [0.15, 0.2) is 0 Å². The first kappa shape index (κ1) is 15.6. The Kier molecular flexibility index (Phi) is 5.29. The summed E-state index contributed by atoms with van der Waals surface area (Å²) in [6, 6.07) is 8.03. The zero-order valence-electron chi connectivity index (χ0n) is 10.5. The second kappa shape index (κ2) is 6.78. The van der Waals surface area contributed by atoms with E-state index in [-0.39, 0.29) is 5.82 Å². The Hall–Kier alpha value is -0.780. The van der Waals surface area contributed by atoms with Gasteiger partial charge in [0.05, 0.1) is 17.3 Å². The number of hydrogen-bond donors (Lipinski definition) is 1. The lowest BCUT2D eigenvalue weighted by atomic mass is 10.2. The molecule has 2 aromatic rings. The summed E-state index contributed by atoms with van der Waals surface area (Å²) in [5.74, 6) is 0.402. The molecule has 20 heavy (non-hydrogen) atoms. The maximum absolute atomic E-state index is 13.2. The van der Waals surface area contributed by atoms with Gasteiger partial charge in [-0.25, -0.2) is 4.39 Å². The molecule has 106 valence electrons. The highest BCUT2D eigenvalue weighted by Gasteiger charge is 2.08. The molecule has 0 bridgehead atoms. The first-order chi connectivity index (χ1) is 9.51. The highest BCUT2D eigenvalue weighted by Crippen LogP contribution is 2.35. The van der Waals surface area contributed by atoms with E-state index in [1.165, 1.54) is 12.1 Å². The van der Waals surface area contributed by atoms with Crippen molar-refractivity contribution >= 4 is 49.1 Å². The van der Waals surface area contributed by atoms with Crippen LogP contribution in [0.4, 0.5) is 10.1 Å². The van der Waals surface area contributed by atoms with Gasteiger partial charge in [-0.1, -0.05) is 11.6 Å². The summed E-state index contributed by atoms with van der Waals surface area (Å²) >= 11 is 12.9. The summed E-state index contributed by atoms with van der Waals surface area (Å²) in [5, 5.41) is 3.73. The molecular weight excluding hydrogens is 412 g/mol. The Balaban J connectivity index is 2.20. The van der Waals surface area contributed by atoms with Gasteiger partial charge in [0, 0.05) is 22.1 Å². The quantitative estimate of drug-likeness (QED) is 0.689. The Morgan fingerprint density at radius 3 is 2.65 bits per heavy atom. The van der Waals surface area contributed by atoms with Crippen LogP contribution in [0, 0.1) is 5.82 Å². The molecular formula is C14H11Br2ClFNO. The smallest absolute Gasteiger partial charge is 0.135 e. The maximum atomic E-state index is 13.2. The van der Waals surface area contributed by atoms with Crippen LogP contribution in [0.1, 0.15) is 5.56 Å². The van der Waals surface area contributed by atoms with Gasteiger partial charge in [0.25, 0.3) is 0 Å². The maximum Gasteiger partial charge on any atom is 0.135 e. The van der Waals surface area contributed by atoms with Crippen molar-refractivity contribution in [2.45, 2.75) is 6.54 Å². The Bertz CT molecular complexity index is 637. The number of rotatable bonds is 4. The summed E-state index contributed by atoms with van der Waals surface area (Å²) in [6.45, 7) is 0.417. The number of halogens is 4. The molecule has 1 N–H and O–H groups in total. The summed E-state index contributed by atoms with van der Waals surface area (Å²) < 4.78 is 20.2. The first-order valence-electron chi connectivity index (χ1n) is 5.72. The van der Waals surface area contributed by atoms with Crippen LogP contribution >= 0.6 is 43.5 Å². The lowest BCUT2D eigenvalue weighted by molar-refractivity contribution is 0.412. The predicted octanol–water partition coefficient (Wildman–Crippen LogP) is 5.62. The molecule has 2 nitrogen and oxygen atoms in total. The number of hydrogen-bond acceptors (Lipinski definition) is 2. The SMILES string of the molecule is COc1cc(NCc2cc(F)ccc2Cl)c(Br)cc1Br. The molecule has 0 saturated heterocycles. The van der Waals surface area contributed by atoms with E-state index in [2.05, 4.69) is 37.2 Å². The molecule has 0 amide bonds. The number of benzene rings is 2. The molecule has 0 aliphatic heterocycles. The van der Waals surface area contributed by atoms with Crippen molar-refractivity contribution in [3.63, 3.8) is 0 Å². The normalized spacial score (nSPS) is 10.4. The summed E-state index contributed by atoms with van der Waals surface area (Å²) in [5.41, 5.74) is 1.53. The molecule has 0 heterocycles. The average molecular weight is 424 g/mol. The van der Waals surface area contributed by atoms with Gasteiger partial charge >= 0.3 is 0 Å². The zero-order chi connectivity index (χ0) is 14.7. The minimum absolute atomic E-state index is 0.307. The molecule has 0 aliphatic rings. The van der Waals surface area contributed by atoms with E-state index < -0.39 is 0 Å². The third-order valence-corrected chi connectivity index (χ3v) is 4.36. The van der Waals surface area contributed by atoms with Crippen molar-refractivity contribution in [3.05, 3.63) is 55.7 Å². The van der Waals surface area contributed by atoms with Gasteiger partial charge < -0.3 is 10.1 Å². The third-order valence-electron chi connectivity index (χ3n) is 2.72. The standard InChI is InChI=1S/C14H11Br2ClFNO/c1-20-14-6-13(10(15)5-11(14)16)19-7-8-4-9(18)2-3-12(8)17/h2-6,19H,7H2,1H3. The zero-order valence-corrected chi connectivity index (χ0v) is 14.4. The molecule has 0 fully saturated rings. The van der Waals surface area contributed by atoms with E-state index in [1.807, 2.05) is 12.1 Å². The van der Waals surface area contributed by atoms with Crippen molar-refractivity contribution < 1.29 is 9.13 Å². The molecule has 2 rings (SSSR count). The minimum atomic E-state index is -0.307. The summed E-state index contributed by atoms with van der Waals surface area (Å²) in [4.78, 5) is 0. The molecule has 0 unspecified atom stereocenters. The van der Waals surface area contributed by atoms with Crippen molar-refractivity contribution in [3.8, 4) is 5.75 Å². The molecule has 2 aromatic carbocycles. The van der Waals surface area contributed by atoms with Crippen molar-refractivity contribution in [2.75, 3.05) is 12.4 Å². The second-order valence-corrected chi connectivity index (χ2v) is 6.17. The monoisotopic (exact) mass is 421 g/mol. The highest BCUT2D eigenvalue weighted by molar-refractivity contribution is 9.11. The largest absolute Gasteiger partial charge is 0.495 e. The lowest BCUT2D eigenvalue weighted by Gasteiger charge is -2.12. The van der Waals surface area contributed by atoms with E-state index in [0.717, 1.165) is 14.6 Å². The van der Waals surface area contributed by atoms with Crippen LogP contribution in [0.5, 0.6) is 5.75 Å². The minimum Gasteiger partial charge on any atom is -0.495 e. The van der Waals surface area contributed by atoms with Gasteiger partial charge in [-0.3, -0.25) is 0 Å². The first-order valence-corrected chi connectivity index (χ1v) is 7.68. The van der Waals surface area contributed by atoms with Gasteiger partial charge in [-0.2, -0.15) is 0 Å². The van der Waals surface area contributed by atoms with E-state index >= 15 is 0 Å². The molecule has 0 aliphatic carbocycles. The Labute approximate surface area is 138 Å². The van der Waals surface area contributed by atoms with Crippen LogP contribution in [0.3, 0.4) is 0 Å². The van der Waals surface area contributed by atoms with Crippen LogP contribution < -0.4 is 10.1 Å². The molecule has 0 saturated carbocycles. The fraction of sp³-hybridized carbons (Fsp3) is 0.143. The Morgan fingerprint density at radius 2 is 1.95 bits per heavy atom. The number of anilines is 1. The lowest BCUT2D eigenvalue weighted by Crippen LogP contribution is -2.02. The average Bonchev–Trinajstić information content (AvgIpc) is 2.41. The third kappa shape index (κ3) is 3.65. The number of nitrogens with one attached hydrogen (secondary N) is 1. The van der Waals surface area contributed by atoms with Crippen molar-refractivity contribution in [1.82, 2.24) is 0 Å². The van der Waals surface area contributed by atoms with E-state index in [4.69, 9.17) is 16.3 Å². The highest BCUT2D eigenvalue weighted by atomic mass is 79.9. The summed E-state index contributed by atoms with van der Waals surface area (Å²) in [7, 11) is 1.60. The molecule has 0 atom stereocenters. The van der Waals surface area contributed by atoms with Gasteiger partial charge in [-0.05, 0) is 61.7 Å². The van der Waals surface area contributed by atoms with E-state index in [0.29, 0.717) is 22.9 Å². The van der Waals surface area contributed by atoms with Crippen molar-refractivity contribution in [1.29, 1.82) is 0 Å². The van der Waals surface area contributed by atoms with E-state index in [9.17, 15) is 4.39 Å². The summed E-state index contributed by atoms with van der Waals surface area (Å²) in [6.07, 6.45) is 0.